The van der Waals surface area contributed by atoms with Crippen LogP contribution in [0.2, 0.25) is 0 Å². The molecule has 1 aromatic heterocycles. The van der Waals surface area contributed by atoms with E-state index in [0.29, 0.717) is 16.7 Å². The van der Waals surface area contributed by atoms with E-state index >= 15 is 0 Å². The van der Waals surface area contributed by atoms with Crippen LogP contribution in [0.25, 0.3) is 10.8 Å². The molecule has 0 radical (unpaired) electrons. The highest BCUT2D eigenvalue weighted by Crippen LogP contribution is 2.08. The molecular weight excluding hydrogens is 318 g/mol. The monoisotopic (exact) mass is 345 g/mol. The SMILES string of the molecule is CC(C)CCCC(C)NC(=O)CCn1[nH]c(=O)c2ccccc2c1=O. The average molecular weight is 345 g/mol. The number of nitrogens with zero attached hydrogens (tertiary/aromatic N) is 1. The first-order chi connectivity index (χ1) is 11.9. The lowest BCUT2D eigenvalue weighted by Crippen LogP contribution is -2.35. The Morgan fingerprint density at radius 3 is 2.48 bits per heavy atom. The van der Waals surface area contributed by atoms with E-state index in [1.54, 1.807) is 24.3 Å². The minimum absolute atomic E-state index is 0.110. The number of aromatic amines is 1. The van der Waals surface area contributed by atoms with Gasteiger partial charge in [0.2, 0.25) is 5.91 Å². The van der Waals surface area contributed by atoms with E-state index in [1.165, 1.54) is 4.68 Å². The fourth-order valence-electron chi connectivity index (χ4n) is 2.87. The number of fused-ring (bicyclic) bond motifs is 1. The van der Waals surface area contributed by atoms with Gasteiger partial charge in [-0.15, -0.1) is 0 Å². The Morgan fingerprint density at radius 2 is 1.80 bits per heavy atom. The number of amides is 1. The van der Waals surface area contributed by atoms with Crippen molar-refractivity contribution in [2.75, 3.05) is 0 Å². The van der Waals surface area contributed by atoms with E-state index in [2.05, 4.69) is 24.3 Å². The first kappa shape index (κ1) is 19.0. The molecule has 0 aliphatic carbocycles. The Labute approximate surface area is 147 Å². The van der Waals surface area contributed by atoms with Gasteiger partial charge in [0.05, 0.1) is 17.3 Å². The van der Waals surface area contributed by atoms with Crippen LogP contribution >= 0.6 is 0 Å². The van der Waals surface area contributed by atoms with E-state index in [4.69, 9.17) is 0 Å². The summed E-state index contributed by atoms with van der Waals surface area (Å²) in [4.78, 5) is 36.5. The van der Waals surface area contributed by atoms with Gasteiger partial charge in [0, 0.05) is 12.5 Å². The van der Waals surface area contributed by atoms with Crippen LogP contribution in [-0.4, -0.2) is 21.7 Å². The van der Waals surface area contributed by atoms with Crippen LogP contribution < -0.4 is 16.4 Å². The van der Waals surface area contributed by atoms with Gasteiger partial charge in [-0.1, -0.05) is 38.8 Å². The van der Waals surface area contributed by atoms with E-state index in [9.17, 15) is 14.4 Å². The van der Waals surface area contributed by atoms with Crippen molar-refractivity contribution >= 4 is 16.7 Å². The number of carbonyl (C=O) groups excluding carboxylic acids is 1. The summed E-state index contributed by atoms with van der Waals surface area (Å²) in [6.45, 7) is 6.52. The molecule has 0 fully saturated rings. The van der Waals surface area contributed by atoms with Crippen LogP contribution in [0, 0.1) is 5.92 Å². The summed E-state index contributed by atoms with van der Waals surface area (Å²) in [7, 11) is 0. The minimum atomic E-state index is -0.322. The number of hydrogen-bond donors (Lipinski definition) is 2. The van der Waals surface area contributed by atoms with Gasteiger partial charge in [-0.3, -0.25) is 19.5 Å². The Bertz CT molecular complexity index is 836. The lowest BCUT2D eigenvalue weighted by molar-refractivity contribution is -0.122. The second-order valence-electron chi connectivity index (χ2n) is 6.99. The second kappa shape index (κ2) is 8.65. The van der Waals surface area contributed by atoms with Crippen molar-refractivity contribution < 1.29 is 4.79 Å². The molecule has 1 unspecified atom stereocenters. The molecule has 1 atom stereocenters. The number of rotatable bonds is 8. The van der Waals surface area contributed by atoms with Crippen molar-refractivity contribution in [1.82, 2.24) is 15.1 Å². The van der Waals surface area contributed by atoms with Crippen molar-refractivity contribution in [2.24, 2.45) is 5.92 Å². The highest BCUT2D eigenvalue weighted by Gasteiger charge is 2.10. The zero-order valence-electron chi connectivity index (χ0n) is 15.2. The number of aromatic nitrogens is 2. The quantitative estimate of drug-likeness (QED) is 0.770. The molecule has 0 saturated heterocycles. The highest BCUT2D eigenvalue weighted by atomic mass is 16.2. The standard InChI is InChI=1S/C19H27N3O3/c1-13(2)7-6-8-14(3)20-17(23)11-12-22-19(25)16-10-5-4-9-15(16)18(24)21-22/h4-5,9-10,13-14H,6-8,11-12H2,1-3H3,(H,20,23)(H,21,24). The molecule has 2 N–H and O–H groups in total. The summed E-state index contributed by atoms with van der Waals surface area (Å²) in [6, 6.07) is 6.79. The molecule has 0 bridgehead atoms. The molecule has 0 spiro atoms. The maximum atomic E-state index is 12.4. The van der Waals surface area contributed by atoms with E-state index in [1.807, 2.05) is 6.92 Å². The Morgan fingerprint density at radius 1 is 1.12 bits per heavy atom. The number of nitrogens with one attached hydrogen (secondary N) is 2. The topological polar surface area (TPSA) is 84.0 Å². The summed E-state index contributed by atoms with van der Waals surface area (Å²) in [5.41, 5.74) is -0.606. The van der Waals surface area contributed by atoms with Gasteiger partial charge in [-0.05, 0) is 31.4 Å². The van der Waals surface area contributed by atoms with Gasteiger partial charge < -0.3 is 5.32 Å². The molecule has 2 aromatic rings. The predicted molar refractivity (Wildman–Crippen MR) is 99.7 cm³/mol. The number of aryl methyl sites for hydroxylation is 1. The third-order valence-corrected chi connectivity index (χ3v) is 4.27. The van der Waals surface area contributed by atoms with Gasteiger partial charge in [0.25, 0.3) is 11.1 Å². The normalized spacial score (nSPS) is 12.5. The van der Waals surface area contributed by atoms with Gasteiger partial charge in [-0.25, -0.2) is 4.68 Å². The molecule has 6 heteroatoms. The molecule has 1 aromatic carbocycles. The number of benzene rings is 1. The predicted octanol–water partition coefficient (Wildman–Crippen LogP) is 2.41. The summed E-state index contributed by atoms with van der Waals surface area (Å²) < 4.78 is 1.22. The van der Waals surface area contributed by atoms with Crippen molar-refractivity contribution in [3.05, 3.63) is 45.0 Å². The first-order valence-electron chi connectivity index (χ1n) is 8.89. The molecule has 6 nitrogen and oxygen atoms in total. The fraction of sp³-hybridized carbons (Fsp3) is 0.526. The second-order valence-corrected chi connectivity index (χ2v) is 6.99. The summed E-state index contributed by atoms with van der Waals surface area (Å²) >= 11 is 0. The van der Waals surface area contributed by atoms with Gasteiger partial charge in [0.15, 0.2) is 0 Å². The van der Waals surface area contributed by atoms with Gasteiger partial charge in [-0.2, -0.15) is 0 Å². The molecule has 0 saturated carbocycles. The molecule has 0 aliphatic heterocycles. The van der Waals surface area contributed by atoms with Crippen molar-refractivity contribution in [3.8, 4) is 0 Å². The van der Waals surface area contributed by atoms with Crippen LogP contribution in [0.3, 0.4) is 0 Å². The third-order valence-electron chi connectivity index (χ3n) is 4.27. The summed E-state index contributed by atoms with van der Waals surface area (Å²) in [5.74, 6) is 0.553. The summed E-state index contributed by atoms with van der Waals surface area (Å²) in [6.07, 6.45) is 3.32. The lowest BCUT2D eigenvalue weighted by Gasteiger charge is -2.15. The Balaban J connectivity index is 1.94. The molecule has 136 valence electrons. The lowest BCUT2D eigenvalue weighted by atomic mass is 10.0. The average Bonchev–Trinajstić information content (AvgIpc) is 2.56. The van der Waals surface area contributed by atoms with E-state index in [0.717, 1.165) is 19.3 Å². The van der Waals surface area contributed by atoms with Crippen LogP contribution in [0.1, 0.15) is 46.5 Å². The van der Waals surface area contributed by atoms with Gasteiger partial charge in [0.1, 0.15) is 0 Å². The highest BCUT2D eigenvalue weighted by molar-refractivity contribution is 5.80. The number of H-pyrrole nitrogens is 1. The smallest absolute Gasteiger partial charge is 0.273 e. The largest absolute Gasteiger partial charge is 0.354 e. The molecule has 1 amide bonds. The molecule has 25 heavy (non-hydrogen) atoms. The van der Waals surface area contributed by atoms with Crippen LogP contribution in [-0.2, 0) is 11.3 Å². The van der Waals surface area contributed by atoms with E-state index < -0.39 is 0 Å². The molecule has 1 heterocycles. The van der Waals surface area contributed by atoms with Crippen LogP contribution in [0.5, 0.6) is 0 Å². The fourth-order valence-corrected chi connectivity index (χ4v) is 2.87. The Hall–Kier alpha value is -2.37. The van der Waals surface area contributed by atoms with Gasteiger partial charge >= 0.3 is 0 Å². The zero-order valence-corrected chi connectivity index (χ0v) is 15.2. The third kappa shape index (κ3) is 5.31. The Kier molecular flexibility index (Phi) is 6.56. The number of hydrogen-bond acceptors (Lipinski definition) is 3. The maximum absolute atomic E-state index is 12.4. The molecular formula is C19H27N3O3. The minimum Gasteiger partial charge on any atom is -0.354 e. The van der Waals surface area contributed by atoms with Crippen molar-refractivity contribution in [3.63, 3.8) is 0 Å². The molecule has 0 aliphatic rings. The first-order valence-corrected chi connectivity index (χ1v) is 8.89. The van der Waals surface area contributed by atoms with Crippen molar-refractivity contribution in [1.29, 1.82) is 0 Å². The van der Waals surface area contributed by atoms with Crippen LogP contribution in [0.4, 0.5) is 0 Å². The van der Waals surface area contributed by atoms with Crippen molar-refractivity contribution in [2.45, 2.75) is 59.0 Å². The number of carbonyl (C=O) groups is 1. The van der Waals surface area contributed by atoms with Crippen LogP contribution in [0.15, 0.2) is 33.9 Å². The maximum Gasteiger partial charge on any atom is 0.273 e. The zero-order chi connectivity index (χ0) is 18.4. The van der Waals surface area contributed by atoms with E-state index in [-0.39, 0.29) is 36.0 Å². The molecule has 2 rings (SSSR count). The summed E-state index contributed by atoms with van der Waals surface area (Å²) in [5, 5.41) is 6.23.